The summed E-state index contributed by atoms with van der Waals surface area (Å²) in [5, 5.41) is 0. The number of nitrogens with zero attached hydrogens (tertiary/aromatic N) is 3. The summed E-state index contributed by atoms with van der Waals surface area (Å²) in [6.07, 6.45) is 9.67. The Bertz CT molecular complexity index is 3490. The van der Waals surface area contributed by atoms with Crippen LogP contribution in [0.25, 0.3) is 33.4 Å². The highest BCUT2D eigenvalue weighted by Crippen LogP contribution is 2.65. The Morgan fingerprint density at radius 2 is 0.917 bits per heavy atom. The van der Waals surface area contributed by atoms with Crippen LogP contribution in [0.15, 0.2) is 176 Å². The predicted octanol–water partition coefficient (Wildman–Crippen LogP) is 16.1. The lowest BCUT2D eigenvalue weighted by Gasteiger charge is -2.53. The Morgan fingerprint density at radius 3 is 1.56 bits per heavy atom. The molecule has 0 spiro atoms. The molecule has 72 heavy (non-hydrogen) atoms. The molecule has 356 valence electrons. The van der Waals surface area contributed by atoms with Crippen LogP contribution in [0, 0.1) is 0 Å². The van der Waals surface area contributed by atoms with Crippen molar-refractivity contribution in [3.8, 4) is 33.4 Å². The van der Waals surface area contributed by atoms with Gasteiger partial charge in [-0.3, -0.25) is 0 Å². The molecule has 3 nitrogen and oxygen atoms in total. The van der Waals surface area contributed by atoms with E-state index in [0.717, 1.165) is 12.8 Å². The minimum Gasteiger partial charge on any atom is -0.335 e. The zero-order valence-corrected chi connectivity index (χ0v) is 43.3. The summed E-state index contributed by atoms with van der Waals surface area (Å²) >= 11 is 0. The molecule has 8 aromatic carbocycles. The Morgan fingerprint density at radius 1 is 0.403 bits per heavy atom. The summed E-state index contributed by atoms with van der Waals surface area (Å²) < 4.78 is 0. The molecule has 4 atom stereocenters. The number of hydrogen-bond donors (Lipinski definition) is 0. The molecular weight excluding hydrogens is 870 g/mol. The molecule has 4 heteroatoms. The molecule has 6 aliphatic rings. The van der Waals surface area contributed by atoms with E-state index in [0.29, 0.717) is 0 Å². The zero-order chi connectivity index (χ0) is 48.9. The lowest BCUT2D eigenvalue weighted by Crippen LogP contribution is -2.64. The molecule has 2 saturated carbocycles. The van der Waals surface area contributed by atoms with Crippen molar-refractivity contribution >= 4 is 62.9 Å². The van der Waals surface area contributed by atoms with Crippen molar-refractivity contribution in [3.05, 3.63) is 193 Å². The first kappa shape index (κ1) is 44.0. The highest BCUT2D eigenvalue weighted by Gasteiger charge is 2.63. The summed E-state index contributed by atoms with van der Waals surface area (Å²) in [5.74, 6) is 0. The van der Waals surface area contributed by atoms with Gasteiger partial charge in [-0.15, -0.1) is 0 Å². The fraction of sp³-hybridized carbons (Fsp3) is 0.294. The van der Waals surface area contributed by atoms with Gasteiger partial charge in [-0.05, 0) is 154 Å². The topological polar surface area (TPSA) is 9.72 Å². The summed E-state index contributed by atoms with van der Waals surface area (Å²) in [5.41, 5.74) is 25.4. The molecule has 2 fully saturated rings. The van der Waals surface area contributed by atoms with E-state index >= 15 is 0 Å². The van der Waals surface area contributed by atoms with E-state index in [2.05, 4.69) is 239 Å². The van der Waals surface area contributed by atoms with E-state index in [1.165, 1.54) is 145 Å². The average Bonchev–Trinajstić information content (AvgIpc) is 3.77. The van der Waals surface area contributed by atoms with E-state index < -0.39 is 0 Å². The van der Waals surface area contributed by atoms with Crippen molar-refractivity contribution in [2.24, 2.45) is 0 Å². The van der Waals surface area contributed by atoms with E-state index in [1.807, 2.05) is 0 Å². The monoisotopic (exact) mass is 936 g/mol. The number of fused-ring (bicyclic) bond motifs is 10. The first-order valence-electron chi connectivity index (χ1n) is 27.1. The Kier molecular flexibility index (Phi) is 9.39. The van der Waals surface area contributed by atoms with Crippen LogP contribution in [0.3, 0.4) is 0 Å². The summed E-state index contributed by atoms with van der Waals surface area (Å²) in [6, 6.07) is 68.1. The number of hydrogen-bond acceptors (Lipinski definition) is 3. The van der Waals surface area contributed by atoms with Crippen molar-refractivity contribution in [3.63, 3.8) is 0 Å². The molecule has 14 rings (SSSR count). The lowest BCUT2D eigenvalue weighted by molar-refractivity contribution is 0.194. The average molecular weight is 936 g/mol. The first-order chi connectivity index (χ1) is 34.8. The van der Waals surface area contributed by atoms with Gasteiger partial charge in [0.2, 0.25) is 0 Å². The normalized spacial score (nSPS) is 24.3. The molecular formula is C68H66BN3. The van der Waals surface area contributed by atoms with Crippen LogP contribution in [-0.2, 0) is 16.2 Å². The highest BCUT2D eigenvalue weighted by molar-refractivity contribution is 7.00. The van der Waals surface area contributed by atoms with E-state index in [-0.39, 0.29) is 34.0 Å². The maximum absolute atomic E-state index is 2.94. The third kappa shape index (κ3) is 5.93. The molecule has 2 aliphatic carbocycles. The van der Waals surface area contributed by atoms with Crippen LogP contribution < -0.4 is 31.1 Å². The van der Waals surface area contributed by atoms with Crippen LogP contribution in [0.2, 0.25) is 0 Å². The Labute approximate surface area is 428 Å². The van der Waals surface area contributed by atoms with Crippen molar-refractivity contribution in [2.45, 2.75) is 127 Å². The van der Waals surface area contributed by atoms with Gasteiger partial charge in [-0.1, -0.05) is 194 Å². The van der Waals surface area contributed by atoms with Gasteiger partial charge in [0.1, 0.15) is 0 Å². The second-order valence-corrected chi connectivity index (χ2v) is 24.3. The molecule has 8 aromatic rings. The quantitative estimate of drug-likeness (QED) is 0.159. The highest BCUT2D eigenvalue weighted by atomic mass is 15.3. The maximum Gasteiger partial charge on any atom is 0.252 e. The van der Waals surface area contributed by atoms with Crippen LogP contribution in [0.1, 0.15) is 117 Å². The van der Waals surface area contributed by atoms with Crippen LogP contribution in [-0.4, -0.2) is 17.8 Å². The molecule has 0 radical (unpaired) electrons. The van der Waals surface area contributed by atoms with Gasteiger partial charge < -0.3 is 14.7 Å². The van der Waals surface area contributed by atoms with E-state index in [1.54, 1.807) is 0 Å². The molecule has 0 bridgehead atoms. The summed E-state index contributed by atoms with van der Waals surface area (Å²) in [6.45, 7) is 17.6. The number of rotatable bonds is 5. The molecule has 4 unspecified atom stereocenters. The third-order valence-electron chi connectivity index (χ3n) is 19.7. The maximum atomic E-state index is 2.94. The van der Waals surface area contributed by atoms with Crippen molar-refractivity contribution in [2.75, 3.05) is 14.7 Å². The molecule has 0 N–H and O–H groups in total. The standard InChI is InChI=1S/C68H66BN3/c1-64(2,3)51-30-34-58-54(42-51)65(4)35-17-19-37-67(65,6)71(58)53-43-60-62-61(44-53)72-63-55(66(5)36-18-20-38-68(66,72)7)39-50(47-25-15-10-16-26-47)41-57(63)69(62)56-40-49(46-23-13-9-14-24-46)29-33-59(56)70(60)52-31-27-48(28-32-52)45-21-11-8-12-22-45/h8-16,21-34,39-44H,17-20,35-38H2,1-7H3. The second kappa shape index (κ2) is 15.4. The Balaban J connectivity index is 1.10. The van der Waals surface area contributed by atoms with E-state index in [4.69, 9.17) is 0 Å². The SMILES string of the molecule is CC(C)(C)c1ccc2c(c1)C1(C)CCCCC1(C)N2c1cc2c3c(c1)N1c4c(cc(-c5ccccc5)cc4C4(C)CCCCC14C)B3c1cc(-c3ccccc3)ccc1N2c1ccc(-c2ccccc2)cc1. The second-order valence-electron chi connectivity index (χ2n) is 24.3. The van der Waals surface area contributed by atoms with Crippen LogP contribution >= 0.6 is 0 Å². The van der Waals surface area contributed by atoms with Gasteiger partial charge in [0.15, 0.2) is 0 Å². The number of benzene rings is 8. The molecule has 0 aromatic heterocycles. The molecule has 0 saturated heterocycles. The third-order valence-corrected chi connectivity index (χ3v) is 19.7. The summed E-state index contributed by atoms with van der Waals surface area (Å²) in [7, 11) is 0. The van der Waals surface area contributed by atoms with Gasteiger partial charge >= 0.3 is 0 Å². The lowest BCUT2D eigenvalue weighted by atomic mass is 9.33. The minimum atomic E-state index is -0.128. The van der Waals surface area contributed by atoms with E-state index in [9.17, 15) is 0 Å². The summed E-state index contributed by atoms with van der Waals surface area (Å²) in [4.78, 5) is 8.46. The smallest absolute Gasteiger partial charge is 0.252 e. The molecule has 4 aliphatic heterocycles. The van der Waals surface area contributed by atoms with Crippen LogP contribution in [0.4, 0.5) is 39.8 Å². The van der Waals surface area contributed by atoms with Gasteiger partial charge in [0.25, 0.3) is 6.71 Å². The fourth-order valence-corrected chi connectivity index (χ4v) is 15.4. The fourth-order valence-electron chi connectivity index (χ4n) is 15.4. The van der Waals surface area contributed by atoms with Crippen molar-refractivity contribution in [1.29, 1.82) is 0 Å². The van der Waals surface area contributed by atoms with Gasteiger partial charge in [-0.25, -0.2) is 0 Å². The minimum absolute atomic E-state index is 0.0000818. The molecule has 4 heterocycles. The van der Waals surface area contributed by atoms with Gasteiger partial charge in [-0.2, -0.15) is 0 Å². The Hall–Kier alpha value is -6.78. The number of anilines is 7. The zero-order valence-electron chi connectivity index (χ0n) is 43.3. The van der Waals surface area contributed by atoms with Crippen molar-refractivity contribution in [1.82, 2.24) is 0 Å². The largest absolute Gasteiger partial charge is 0.335 e. The van der Waals surface area contributed by atoms with Gasteiger partial charge in [0.05, 0.1) is 11.1 Å². The molecule has 0 amide bonds. The van der Waals surface area contributed by atoms with Gasteiger partial charge in [0, 0.05) is 50.6 Å². The van der Waals surface area contributed by atoms with Crippen molar-refractivity contribution < 1.29 is 0 Å². The van der Waals surface area contributed by atoms with Crippen LogP contribution in [0.5, 0.6) is 0 Å². The first-order valence-corrected chi connectivity index (χ1v) is 27.1. The predicted molar refractivity (Wildman–Crippen MR) is 306 cm³/mol.